The zero-order valence-corrected chi connectivity index (χ0v) is 16.8. The van der Waals surface area contributed by atoms with Crippen LogP contribution in [0.5, 0.6) is 0 Å². The molecule has 0 saturated heterocycles. The van der Waals surface area contributed by atoms with Crippen molar-refractivity contribution in [1.29, 1.82) is 5.26 Å². The number of halogens is 1. The van der Waals surface area contributed by atoms with Gasteiger partial charge in [-0.1, -0.05) is 72.8 Å². The second kappa shape index (κ2) is 7.93. The summed E-state index contributed by atoms with van der Waals surface area (Å²) in [7, 11) is 0. The highest BCUT2D eigenvalue weighted by Gasteiger charge is 2.11. The van der Waals surface area contributed by atoms with E-state index in [1.807, 2.05) is 36.5 Å². The molecule has 5 rings (SSSR count). The van der Waals surface area contributed by atoms with Gasteiger partial charge in [-0.05, 0) is 40.6 Å². The molecule has 0 amide bonds. The number of fused-ring (bicyclic) bond motifs is 2. The van der Waals surface area contributed by atoms with E-state index in [-0.39, 0.29) is 0 Å². The number of para-hydroxylation sites is 1. The number of allylic oxidation sites excluding steroid dienone is 1. The number of nitriles is 1. The summed E-state index contributed by atoms with van der Waals surface area (Å²) >= 11 is 0. The van der Waals surface area contributed by atoms with Crippen molar-refractivity contribution < 1.29 is 4.39 Å². The molecule has 0 bridgehead atoms. The van der Waals surface area contributed by atoms with E-state index in [2.05, 4.69) is 47.0 Å². The third-order valence-corrected chi connectivity index (χ3v) is 5.57. The molecular formula is C28H19FN2. The molecule has 0 aliphatic carbocycles. The Bertz CT molecular complexity index is 1480. The molecule has 0 fully saturated rings. The molecule has 0 N–H and O–H groups in total. The number of benzene rings is 4. The minimum absolute atomic E-state index is 0.312. The lowest BCUT2D eigenvalue weighted by atomic mass is 10.0. The van der Waals surface area contributed by atoms with Gasteiger partial charge in [0.2, 0.25) is 0 Å². The quantitative estimate of drug-likeness (QED) is 0.296. The van der Waals surface area contributed by atoms with E-state index < -0.39 is 5.82 Å². The van der Waals surface area contributed by atoms with Gasteiger partial charge in [-0.25, -0.2) is 4.39 Å². The monoisotopic (exact) mass is 402 g/mol. The Hall–Kier alpha value is -4.16. The van der Waals surface area contributed by atoms with E-state index in [4.69, 9.17) is 0 Å². The SMILES string of the molecule is N#CC(=Cc1cn(Cc2ccc3ccccc3c2)c2ccccc12)c1ccccc1F. The van der Waals surface area contributed by atoms with Gasteiger partial charge in [0.25, 0.3) is 0 Å². The molecule has 148 valence electrons. The number of nitrogens with zero attached hydrogens (tertiary/aromatic N) is 2. The summed E-state index contributed by atoms with van der Waals surface area (Å²) in [4.78, 5) is 0. The normalized spacial score (nSPS) is 11.7. The molecule has 4 aromatic carbocycles. The third-order valence-electron chi connectivity index (χ3n) is 5.57. The van der Waals surface area contributed by atoms with Gasteiger partial charge in [0, 0.05) is 34.8 Å². The van der Waals surface area contributed by atoms with Gasteiger partial charge >= 0.3 is 0 Å². The third kappa shape index (κ3) is 3.60. The molecular weight excluding hydrogens is 383 g/mol. The Morgan fingerprint density at radius 3 is 2.45 bits per heavy atom. The van der Waals surface area contributed by atoms with E-state index in [1.54, 1.807) is 24.3 Å². The highest BCUT2D eigenvalue weighted by Crippen LogP contribution is 2.28. The van der Waals surface area contributed by atoms with E-state index in [0.29, 0.717) is 17.7 Å². The zero-order chi connectivity index (χ0) is 21.2. The standard InChI is InChI=1S/C28H19FN2/c29-27-11-5-3-9-25(27)23(17-30)16-24-19-31(28-12-6-4-10-26(24)28)18-20-13-14-21-7-1-2-8-22(21)15-20/h1-16,19H,18H2. The first-order valence-corrected chi connectivity index (χ1v) is 10.2. The van der Waals surface area contributed by atoms with Gasteiger partial charge in [-0.15, -0.1) is 0 Å². The van der Waals surface area contributed by atoms with E-state index >= 15 is 0 Å². The van der Waals surface area contributed by atoms with Crippen molar-refractivity contribution in [2.24, 2.45) is 0 Å². The topological polar surface area (TPSA) is 28.7 Å². The predicted molar refractivity (Wildman–Crippen MR) is 125 cm³/mol. The van der Waals surface area contributed by atoms with Gasteiger partial charge in [-0.3, -0.25) is 0 Å². The minimum Gasteiger partial charge on any atom is -0.342 e. The molecule has 0 saturated carbocycles. The first kappa shape index (κ1) is 18.8. The van der Waals surface area contributed by atoms with E-state index in [0.717, 1.165) is 16.5 Å². The largest absolute Gasteiger partial charge is 0.342 e. The first-order chi connectivity index (χ1) is 15.2. The molecule has 0 radical (unpaired) electrons. The molecule has 0 aliphatic heterocycles. The molecule has 0 unspecified atom stereocenters. The summed E-state index contributed by atoms with van der Waals surface area (Å²) < 4.78 is 16.4. The van der Waals surface area contributed by atoms with Gasteiger partial charge in [-0.2, -0.15) is 5.26 Å². The summed E-state index contributed by atoms with van der Waals surface area (Å²) in [6, 6.07) is 31.5. The van der Waals surface area contributed by atoms with Crippen LogP contribution in [0.15, 0.2) is 97.2 Å². The minimum atomic E-state index is -0.393. The summed E-state index contributed by atoms with van der Waals surface area (Å²) in [6.45, 7) is 0.709. The van der Waals surface area contributed by atoms with Crippen LogP contribution in [-0.2, 0) is 6.54 Å². The molecule has 1 aromatic heterocycles. The highest BCUT2D eigenvalue weighted by atomic mass is 19.1. The Morgan fingerprint density at radius 1 is 0.871 bits per heavy atom. The molecule has 0 aliphatic rings. The molecule has 2 nitrogen and oxygen atoms in total. The number of hydrogen-bond donors (Lipinski definition) is 0. The van der Waals surface area contributed by atoms with Crippen molar-refractivity contribution in [3.63, 3.8) is 0 Å². The second-order valence-corrected chi connectivity index (χ2v) is 7.56. The van der Waals surface area contributed by atoms with Gasteiger partial charge in [0.15, 0.2) is 0 Å². The van der Waals surface area contributed by atoms with Gasteiger partial charge in [0.1, 0.15) is 5.82 Å². The van der Waals surface area contributed by atoms with Gasteiger partial charge in [0.05, 0.1) is 11.6 Å². The fourth-order valence-electron chi connectivity index (χ4n) is 4.06. The fraction of sp³-hybridized carbons (Fsp3) is 0.0357. The van der Waals surface area contributed by atoms with E-state index in [1.165, 1.54) is 22.4 Å². The van der Waals surface area contributed by atoms with Crippen LogP contribution in [0.2, 0.25) is 0 Å². The van der Waals surface area contributed by atoms with Crippen LogP contribution < -0.4 is 0 Å². The van der Waals surface area contributed by atoms with Crippen molar-refractivity contribution in [2.75, 3.05) is 0 Å². The average molecular weight is 402 g/mol. The highest BCUT2D eigenvalue weighted by molar-refractivity contribution is 5.98. The summed E-state index contributed by atoms with van der Waals surface area (Å²) in [6.07, 6.45) is 3.82. The maximum Gasteiger partial charge on any atom is 0.131 e. The lowest BCUT2D eigenvalue weighted by molar-refractivity contribution is 0.624. The van der Waals surface area contributed by atoms with Crippen LogP contribution in [-0.4, -0.2) is 4.57 Å². The van der Waals surface area contributed by atoms with Crippen molar-refractivity contribution in [3.05, 3.63) is 120 Å². The number of hydrogen-bond acceptors (Lipinski definition) is 1. The number of aromatic nitrogens is 1. The van der Waals surface area contributed by atoms with Crippen LogP contribution in [0.4, 0.5) is 4.39 Å². The fourth-order valence-corrected chi connectivity index (χ4v) is 4.06. The lowest BCUT2D eigenvalue weighted by Gasteiger charge is -2.07. The van der Waals surface area contributed by atoms with Crippen molar-refractivity contribution >= 4 is 33.3 Å². The summed E-state index contributed by atoms with van der Waals surface area (Å²) in [5, 5.41) is 13.2. The predicted octanol–water partition coefficient (Wildman–Crippen LogP) is 7.05. The van der Waals surface area contributed by atoms with Crippen LogP contribution in [0.25, 0.3) is 33.3 Å². The smallest absolute Gasteiger partial charge is 0.131 e. The zero-order valence-electron chi connectivity index (χ0n) is 16.8. The number of rotatable bonds is 4. The maximum atomic E-state index is 14.3. The molecule has 0 spiro atoms. The maximum absolute atomic E-state index is 14.3. The molecule has 31 heavy (non-hydrogen) atoms. The summed E-state index contributed by atoms with van der Waals surface area (Å²) in [5.41, 5.74) is 3.80. The molecule has 0 atom stereocenters. The summed E-state index contributed by atoms with van der Waals surface area (Å²) in [5.74, 6) is -0.393. The van der Waals surface area contributed by atoms with Crippen molar-refractivity contribution in [2.45, 2.75) is 6.54 Å². The molecule has 3 heteroatoms. The Balaban J connectivity index is 1.59. The molecule has 1 heterocycles. The Morgan fingerprint density at radius 2 is 1.61 bits per heavy atom. The van der Waals surface area contributed by atoms with Gasteiger partial charge < -0.3 is 4.57 Å². The Kier molecular flexibility index (Phi) is 4.82. The lowest BCUT2D eigenvalue weighted by Crippen LogP contribution is -1.97. The Labute approximate surface area is 180 Å². The molecule has 5 aromatic rings. The van der Waals surface area contributed by atoms with Crippen LogP contribution in [0.3, 0.4) is 0 Å². The first-order valence-electron chi connectivity index (χ1n) is 10.2. The van der Waals surface area contributed by atoms with Crippen molar-refractivity contribution in [1.82, 2.24) is 4.57 Å². The van der Waals surface area contributed by atoms with E-state index in [9.17, 15) is 9.65 Å². The van der Waals surface area contributed by atoms with Crippen LogP contribution in [0.1, 0.15) is 16.7 Å². The van der Waals surface area contributed by atoms with Crippen molar-refractivity contribution in [3.8, 4) is 6.07 Å². The average Bonchev–Trinajstić information content (AvgIpc) is 3.15. The van der Waals surface area contributed by atoms with Crippen LogP contribution >= 0.6 is 0 Å². The second-order valence-electron chi connectivity index (χ2n) is 7.56. The van der Waals surface area contributed by atoms with Crippen LogP contribution in [0, 0.1) is 17.1 Å².